The maximum Gasteiger partial charge on any atom is 0.250 e. The minimum atomic E-state index is -0.618. The van der Waals surface area contributed by atoms with Crippen LogP contribution in [0, 0.1) is 0 Å². The van der Waals surface area contributed by atoms with E-state index < -0.39 is 6.04 Å². The molecule has 2 aromatic carbocycles. The van der Waals surface area contributed by atoms with Crippen LogP contribution in [0.15, 0.2) is 67.3 Å². The molecule has 2 unspecified atom stereocenters. The van der Waals surface area contributed by atoms with Crippen molar-refractivity contribution in [1.29, 1.82) is 0 Å². The van der Waals surface area contributed by atoms with Crippen molar-refractivity contribution in [2.24, 2.45) is 0 Å². The number of para-hydroxylation sites is 1. The SMILES string of the molecule is O=C(CC(C(=O)N1CCc2ccccc21)n1ccnc1)NC1CCCc2ccccc21. The molecule has 0 spiro atoms. The summed E-state index contributed by atoms with van der Waals surface area (Å²) >= 11 is 0. The molecule has 1 aliphatic heterocycles. The minimum Gasteiger partial charge on any atom is -0.349 e. The van der Waals surface area contributed by atoms with E-state index in [9.17, 15) is 9.59 Å². The predicted molar refractivity (Wildman–Crippen MR) is 119 cm³/mol. The Hall–Kier alpha value is -3.41. The zero-order valence-electron chi connectivity index (χ0n) is 17.4. The van der Waals surface area contributed by atoms with E-state index in [1.807, 2.05) is 35.2 Å². The van der Waals surface area contributed by atoms with Gasteiger partial charge in [0.1, 0.15) is 6.04 Å². The maximum atomic E-state index is 13.5. The van der Waals surface area contributed by atoms with Gasteiger partial charge >= 0.3 is 0 Å². The van der Waals surface area contributed by atoms with Crippen molar-refractivity contribution >= 4 is 17.5 Å². The highest BCUT2D eigenvalue weighted by Gasteiger charge is 2.33. The van der Waals surface area contributed by atoms with Gasteiger partial charge in [-0.15, -0.1) is 0 Å². The van der Waals surface area contributed by atoms with Gasteiger partial charge < -0.3 is 14.8 Å². The third-order valence-corrected chi connectivity index (χ3v) is 6.41. The van der Waals surface area contributed by atoms with Crippen LogP contribution in [0.2, 0.25) is 0 Å². The maximum absolute atomic E-state index is 13.5. The number of nitrogens with one attached hydrogen (secondary N) is 1. The highest BCUT2D eigenvalue weighted by atomic mass is 16.2. The van der Waals surface area contributed by atoms with Crippen LogP contribution >= 0.6 is 0 Å². The van der Waals surface area contributed by atoms with Crippen molar-refractivity contribution in [3.63, 3.8) is 0 Å². The van der Waals surface area contributed by atoms with E-state index in [0.29, 0.717) is 6.54 Å². The predicted octanol–water partition coefficient (Wildman–Crippen LogP) is 3.60. The third kappa shape index (κ3) is 3.85. The van der Waals surface area contributed by atoms with Crippen LogP contribution in [0.3, 0.4) is 0 Å². The lowest BCUT2D eigenvalue weighted by atomic mass is 9.87. The second-order valence-electron chi connectivity index (χ2n) is 8.31. The molecule has 0 saturated carbocycles. The summed E-state index contributed by atoms with van der Waals surface area (Å²) < 4.78 is 1.75. The van der Waals surface area contributed by atoms with Gasteiger partial charge in [0, 0.05) is 24.6 Å². The van der Waals surface area contributed by atoms with Gasteiger partial charge in [0.2, 0.25) is 5.91 Å². The first kappa shape index (κ1) is 19.5. The molecule has 6 heteroatoms. The number of benzene rings is 2. The number of nitrogens with zero attached hydrogens (tertiary/aromatic N) is 3. The average molecular weight is 415 g/mol. The number of carbonyl (C=O) groups is 2. The number of amides is 2. The molecule has 2 aliphatic rings. The Morgan fingerprint density at radius 2 is 1.87 bits per heavy atom. The molecule has 2 heterocycles. The number of fused-ring (bicyclic) bond motifs is 2. The fourth-order valence-corrected chi connectivity index (χ4v) is 4.85. The van der Waals surface area contributed by atoms with Gasteiger partial charge in [-0.05, 0) is 48.4 Å². The van der Waals surface area contributed by atoms with Crippen LogP contribution < -0.4 is 10.2 Å². The lowest BCUT2D eigenvalue weighted by Crippen LogP contribution is -2.39. The van der Waals surface area contributed by atoms with E-state index in [4.69, 9.17) is 0 Å². The molecule has 6 nitrogen and oxygen atoms in total. The van der Waals surface area contributed by atoms with Crippen molar-refractivity contribution in [2.45, 2.75) is 44.2 Å². The number of imidazole rings is 1. The molecule has 31 heavy (non-hydrogen) atoms. The summed E-state index contributed by atoms with van der Waals surface area (Å²) in [5, 5.41) is 3.19. The van der Waals surface area contributed by atoms with Gasteiger partial charge in [0.25, 0.3) is 5.91 Å². The van der Waals surface area contributed by atoms with Crippen molar-refractivity contribution in [1.82, 2.24) is 14.9 Å². The number of hydrogen-bond donors (Lipinski definition) is 1. The fraction of sp³-hybridized carbons (Fsp3) is 0.320. The van der Waals surface area contributed by atoms with Gasteiger partial charge in [0.05, 0.1) is 18.8 Å². The molecule has 0 bridgehead atoms. The van der Waals surface area contributed by atoms with Gasteiger partial charge in [-0.25, -0.2) is 4.98 Å². The molecule has 2 atom stereocenters. The summed E-state index contributed by atoms with van der Waals surface area (Å²) in [6.07, 6.45) is 8.97. The first-order chi connectivity index (χ1) is 15.2. The Morgan fingerprint density at radius 3 is 2.71 bits per heavy atom. The molecule has 5 rings (SSSR count). The zero-order valence-corrected chi connectivity index (χ0v) is 17.4. The van der Waals surface area contributed by atoms with E-state index >= 15 is 0 Å². The lowest BCUT2D eigenvalue weighted by Gasteiger charge is -2.28. The van der Waals surface area contributed by atoms with E-state index in [1.54, 1.807) is 23.3 Å². The molecular weight excluding hydrogens is 388 g/mol. The first-order valence-corrected chi connectivity index (χ1v) is 10.9. The van der Waals surface area contributed by atoms with Crippen LogP contribution in [0.25, 0.3) is 0 Å². The van der Waals surface area contributed by atoms with Crippen LogP contribution in [0.5, 0.6) is 0 Å². The second kappa shape index (κ2) is 8.38. The Labute approximate surface area is 181 Å². The monoisotopic (exact) mass is 414 g/mol. The van der Waals surface area contributed by atoms with E-state index in [0.717, 1.165) is 31.4 Å². The van der Waals surface area contributed by atoms with Crippen molar-refractivity contribution in [3.05, 3.63) is 83.9 Å². The van der Waals surface area contributed by atoms with Crippen molar-refractivity contribution < 1.29 is 9.59 Å². The second-order valence-corrected chi connectivity index (χ2v) is 8.31. The smallest absolute Gasteiger partial charge is 0.250 e. The van der Waals surface area contributed by atoms with Crippen LogP contribution in [-0.2, 0) is 22.4 Å². The number of anilines is 1. The molecule has 158 valence electrons. The molecule has 1 aliphatic carbocycles. The van der Waals surface area contributed by atoms with Crippen LogP contribution in [0.4, 0.5) is 5.69 Å². The van der Waals surface area contributed by atoms with Gasteiger partial charge in [0.15, 0.2) is 0 Å². The lowest BCUT2D eigenvalue weighted by molar-refractivity contribution is -0.128. The Balaban J connectivity index is 1.35. The number of rotatable bonds is 5. The molecule has 0 saturated heterocycles. The van der Waals surface area contributed by atoms with Crippen molar-refractivity contribution in [3.8, 4) is 0 Å². The summed E-state index contributed by atoms with van der Waals surface area (Å²) in [4.78, 5) is 32.5. The normalized spacial score (nSPS) is 18.2. The molecule has 1 N–H and O–H groups in total. The quantitative estimate of drug-likeness (QED) is 0.694. The van der Waals surface area contributed by atoms with E-state index in [1.165, 1.54) is 16.7 Å². The average Bonchev–Trinajstić information content (AvgIpc) is 3.47. The number of aryl methyl sites for hydroxylation is 1. The highest BCUT2D eigenvalue weighted by Crippen LogP contribution is 2.32. The summed E-state index contributed by atoms with van der Waals surface area (Å²) in [7, 11) is 0. The zero-order chi connectivity index (χ0) is 21.2. The first-order valence-electron chi connectivity index (χ1n) is 10.9. The third-order valence-electron chi connectivity index (χ3n) is 6.41. The van der Waals surface area contributed by atoms with Gasteiger partial charge in [-0.2, -0.15) is 0 Å². The Bertz CT molecular complexity index is 1090. The van der Waals surface area contributed by atoms with Gasteiger partial charge in [-0.3, -0.25) is 9.59 Å². The van der Waals surface area contributed by atoms with E-state index in [-0.39, 0.29) is 24.3 Å². The van der Waals surface area contributed by atoms with Crippen molar-refractivity contribution in [2.75, 3.05) is 11.4 Å². The summed E-state index contributed by atoms with van der Waals surface area (Å²) in [5.41, 5.74) is 4.61. The summed E-state index contributed by atoms with van der Waals surface area (Å²) in [6, 6.07) is 15.7. The fourth-order valence-electron chi connectivity index (χ4n) is 4.85. The summed E-state index contributed by atoms with van der Waals surface area (Å²) in [5.74, 6) is -0.177. The van der Waals surface area contributed by atoms with Gasteiger partial charge in [-0.1, -0.05) is 42.5 Å². The minimum absolute atomic E-state index is 0.00324. The molecular formula is C25H26N4O2. The number of aromatic nitrogens is 2. The Morgan fingerprint density at radius 1 is 1.06 bits per heavy atom. The topological polar surface area (TPSA) is 67.2 Å². The molecule has 1 aromatic heterocycles. The molecule has 0 fully saturated rings. The molecule has 2 amide bonds. The molecule has 3 aromatic rings. The highest BCUT2D eigenvalue weighted by molar-refractivity contribution is 6.00. The van der Waals surface area contributed by atoms with Crippen LogP contribution in [0.1, 0.15) is 48.0 Å². The standard InChI is InChI=1S/C25H26N4O2/c30-24(27-21-10-5-8-18-6-1-3-9-20(18)21)16-23(28-15-13-26-17-28)25(31)29-14-12-19-7-2-4-11-22(19)29/h1-4,6-7,9,11,13,15,17,21,23H,5,8,10,12,14,16H2,(H,27,30). The van der Waals surface area contributed by atoms with Crippen LogP contribution in [-0.4, -0.2) is 27.9 Å². The number of carbonyl (C=O) groups excluding carboxylic acids is 2. The number of hydrogen-bond acceptors (Lipinski definition) is 3. The summed E-state index contributed by atoms with van der Waals surface area (Å²) in [6.45, 7) is 0.640. The Kier molecular flexibility index (Phi) is 5.28. The van der Waals surface area contributed by atoms with E-state index in [2.05, 4.69) is 28.5 Å². The molecule has 0 radical (unpaired) electrons. The largest absolute Gasteiger partial charge is 0.349 e.